The predicted molar refractivity (Wildman–Crippen MR) is 75.6 cm³/mol. The minimum Gasteiger partial charge on any atom is -0.324 e. The maximum absolute atomic E-state index is 11.6. The fraction of sp³-hybridized carbons (Fsp3) is 0.182. The van der Waals surface area contributed by atoms with E-state index < -0.39 is 26.4 Å². The van der Waals surface area contributed by atoms with Gasteiger partial charge in [0.1, 0.15) is 5.75 Å². The van der Waals surface area contributed by atoms with Crippen LogP contribution >= 0.6 is 11.6 Å². The number of nitrogens with one attached hydrogen (secondary N) is 1. The number of rotatable bonds is 6. The van der Waals surface area contributed by atoms with Gasteiger partial charge in [-0.3, -0.25) is 14.9 Å². The Hall–Kier alpha value is -1.93. The Kier molecular flexibility index (Phi) is 5.23. The highest BCUT2D eigenvalue weighted by Crippen LogP contribution is 2.26. The minimum absolute atomic E-state index is 0.0475. The van der Waals surface area contributed by atoms with E-state index in [-0.39, 0.29) is 22.2 Å². The molecular formula is C11H11ClN2O5S. The SMILES string of the molecule is C=CCS(=O)(=O)CC(=O)Nc1ccc([N+](=O)[O-])cc1Cl. The normalized spacial score (nSPS) is 10.8. The van der Waals surface area contributed by atoms with Crippen LogP contribution in [-0.2, 0) is 14.6 Å². The number of non-ortho nitro benzene ring substituents is 1. The first kappa shape index (κ1) is 16.1. The molecule has 0 atom stereocenters. The lowest BCUT2D eigenvalue weighted by Gasteiger charge is -2.07. The predicted octanol–water partition coefficient (Wildman–Crippen LogP) is 1.79. The average molecular weight is 319 g/mol. The van der Waals surface area contributed by atoms with Crippen LogP contribution in [0.2, 0.25) is 5.02 Å². The Bertz CT molecular complexity index is 657. The second kappa shape index (κ2) is 6.49. The molecule has 9 heteroatoms. The number of nitrogens with zero attached hydrogens (tertiary/aromatic N) is 1. The summed E-state index contributed by atoms with van der Waals surface area (Å²) in [5.74, 6) is -1.80. The smallest absolute Gasteiger partial charge is 0.271 e. The third kappa shape index (κ3) is 4.63. The second-order valence-corrected chi connectivity index (χ2v) is 6.33. The van der Waals surface area contributed by atoms with E-state index in [1.165, 1.54) is 12.1 Å². The number of benzene rings is 1. The van der Waals surface area contributed by atoms with Crippen molar-refractivity contribution in [1.82, 2.24) is 0 Å². The molecule has 1 aromatic carbocycles. The fourth-order valence-electron chi connectivity index (χ4n) is 1.34. The molecule has 1 aromatic rings. The molecule has 0 bridgehead atoms. The summed E-state index contributed by atoms with van der Waals surface area (Å²) in [7, 11) is -3.57. The third-order valence-corrected chi connectivity index (χ3v) is 3.92. The molecule has 7 nitrogen and oxygen atoms in total. The number of amides is 1. The van der Waals surface area contributed by atoms with Crippen LogP contribution in [0.15, 0.2) is 30.9 Å². The van der Waals surface area contributed by atoms with Crippen LogP contribution in [-0.4, -0.2) is 30.8 Å². The van der Waals surface area contributed by atoms with E-state index in [0.717, 1.165) is 12.1 Å². The molecule has 0 aliphatic heterocycles. The van der Waals surface area contributed by atoms with E-state index in [2.05, 4.69) is 11.9 Å². The molecule has 0 saturated carbocycles. The summed E-state index contributed by atoms with van der Waals surface area (Å²) in [5, 5.41) is 12.8. The molecule has 0 unspecified atom stereocenters. The van der Waals surface area contributed by atoms with E-state index in [4.69, 9.17) is 11.6 Å². The van der Waals surface area contributed by atoms with Crippen molar-refractivity contribution in [3.05, 3.63) is 46.0 Å². The summed E-state index contributed by atoms with van der Waals surface area (Å²) in [5.41, 5.74) is -0.122. The minimum atomic E-state index is -3.57. The molecule has 0 aliphatic rings. The van der Waals surface area contributed by atoms with Crippen LogP contribution in [0.5, 0.6) is 0 Å². The number of hydrogen-bond donors (Lipinski definition) is 1. The average Bonchev–Trinajstić information content (AvgIpc) is 2.30. The van der Waals surface area contributed by atoms with Crippen LogP contribution in [0.4, 0.5) is 11.4 Å². The van der Waals surface area contributed by atoms with Gasteiger partial charge in [-0.2, -0.15) is 0 Å². The molecule has 0 heterocycles. The summed E-state index contributed by atoms with van der Waals surface area (Å²) >= 11 is 5.77. The Morgan fingerprint density at radius 1 is 1.50 bits per heavy atom. The zero-order valence-electron chi connectivity index (χ0n) is 10.2. The van der Waals surface area contributed by atoms with Gasteiger partial charge in [0.05, 0.1) is 21.4 Å². The second-order valence-electron chi connectivity index (χ2n) is 3.81. The maximum atomic E-state index is 11.6. The van der Waals surface area contributed by atoms with Crippen molar-refractivity contribution in [1.29, 1.82) is 0 Å². The first-order valence-electron chi connectivity index (χ1n) is 5.30. The van der Waals surface area contributed by atoms with Gasteiger partial charge < -0.3 is 5.32 Å². The van der Waals surface area contributed by atoms with E-state index in [0.29, 0.717) is 0 Å². The fourth-order valence-corrected chi connectivity index (χ4v) is 2.51. The van der Waals surface area contributed by atoms with E-state index >= 15 is 0 Å². The summed E-state index contributed by atoms with van der Waals surface area (Å²) < 4.78 is 22.8. The molecular weight excluding hydrogens is 308 g/mol. The van der Waals surface area contributed by atoms with Gasteiger partial charge in [0.2, 0.25) is 5.91 Å². The number of nitro groups is 1. The lowest BCUT2D eigenvalue weighted by Crippen LogP contribution is -2.24. The van der Waals surface area contributed by atoms with Crippen molar-refractivity contribution in [3.63, 3.8) is 0 Å². The van der Waals surface area contributed by atoms with Gasteiger partial charge in [-0.05, 0) is 6.07 Å². The molecule has 0 fully saturated rings. The standard InChI is InChI=1S/C11H11ClN2O5S/c1-2-5-20(18,19)7-11(15)13-10-4-3-8(14(16)17)6-9(10)12/h2-4,6H,1,5,7H2,(H,13,15). The number of halogens is 1. The van der Waals surface area contributed by atoms with Crippen molar-refractivity contribution >= 4 is 38.7 Å². The van der Waals surface area contributed by atoms with Crippen molar-refractivity contribution in [2.75, 3.05) is 16.8 Å². The van der Waals surface area contributed by atoms with Gasteiger partial charge in [0.15, 0.2) is 9.84 Å². The first-order valence-corrected chi connectivity index (χ1v) is 7.50. The summed E-state index contributed by atoms with van der Waals surface area (Å²) in [6.07, 6.45) is 1.18. The Morgan fingerprint density at radius 2 is 2.15 bits per heavy atom. The summed E-state index contributed by atoms with van der Waals surface area (Å²) in [6, 6.07) is 3.45. The largest absolute Gasteiger partial charge is 0.324 e. The highest BCUT2D eigenvalue weighted by molar-refractivity contribution is 7.92. The van der Waals surface area contributed by atoms with E-state index in [9.17, 15) is 23.3 Å². The van der Waals surface area contributed by atoms with Gasteiger partial charge in [0, 0.05) is 12.1 Å². The number of nitro benzene ring substituents is 1. The molecule has 20 heavy (non-hydrogen) atoms. The Labute approximate surface area is 120 Å². The Balaban J connectivity index is 2.81. The molecule has 0 aliphatic carbocycles. The zero-order valence-corrected chi connectivity index (χ0v) is 11.8. The summed E-state index contributed by atoms with van der Waals surface area (Å²) in [4.78, 5) is 21.4. The van der Waals surface area contributed by atoms with Crippen LogP contribution in [0.1, 0.15) is 0 Å². The van der Waals surface area contributed by atoms with Crippen LogP contribution in [0, 0.1) is 10.1 Å². The number of hydrogen-bond acceptors (Lipinski definition) is 5. The quantitative estimate of drug-likeness (QED) is 0.489. The van der Waals surface area contributed by atoms with Crippen molar-refractivity contribution < 1.29 is 18.1 Å². The van der Waals surface area contributed by atoms with Gasteiger partial charge >= 0.3 is 0 Å². The Morgan fingerprint density at radius 3 is 2.65 bits per heavy atom. The molecule has 108 valence electrons. The molecule has 1 N–H and O–H groups in total. The van der Waals surface area contributed by atoms with Crippen molar-refractivity contribution in [3.8, 4) is 0 Å². The molecule has 0 aromatic heterocycles. The first-order chi connectivity index (χ1) is 9.25. The van der Waals surface area contributed by atoms with Crippen molar-refractivity contribution in [2.24, 2.45) is 0 Å². The van der Waals surface area contributed by atoms with Gasteiger partial charge in [-0.15, -0.1) is 6.58 Å². The van der Waals surface area contributed by atoms with Gasteiger partial charge in [-0.25, -0.2) is 8.42 Å². The number of carbonyl (C=O) groups excluding carboxylic acids is 1. The highest BCUT2D eigenvalue weighted by atomic mass is 35.5. The van der Waals surface area contributed by atoms with E-state index in [1.807, 2.05) is 0 Å². The van der Waals surface area contributed by atoms with Crippen molar-refractivity contribution in [2.45, 2.75) is 0 Å². The van der Waals surface area contributed by atoms with Gasteiger partial charge in [0.25, 0.3) is 5.69 Å². The number of carbonyl (C=O) groups is 1. The zero-order chi connectivity index (χ0) is 15.3. The van der Waals surface area contributed by atoms with Crippen LogP contribution in [0.3, 0.4) is 0 Å². The van der Waals surface area contributed by atoms with E-state index in [1.54, 1.807) is 0 Å². The molecule has 0 saturated heterocycles. The monoisotopic (exact) mass is 318 g/mol. The third-order valence-electron chi connectivity index (χ3n) is 2.16. The number of sulfone groups is 1. The molecule has 1 rings (SSSR count). The summed E-state index contributed by atoms with van der Waals surface area (Å²) in [6.45, 7) is 3.28. The van der Waals surface area contributed by atoms with Crippen LogP contribution in [0.25, 0.3) is 0 Å². The van der Waals surface area contributed by atoms with Gasteiger partial charge in [-0.1, -0.05) is 17.7 Å². The molecule has 0 radical (unpaired) electrons. The molecule has 0 spiro atoms. The highest BCUT2D eigenvalue weighted by Gasteiger charge is 2.17. The van der Waals surface area contributed by atoms with Crippen LogP contribution < -0.4 is 5.32 Å². The lowest BCUT2D eigenvalue weighted by atomic mass is 10.3. The maximum Gasteiger partial charge on any atom is 0.271 e. The topological polar surface area (TPSA) is 106 Å². The lowest BCUT2D eigenvalue weighted by molar-refractivity contribution is -0.384. The number of anilines is 1. The molecule has 1 amide bonds.